The first kappa shape index (κ1) is 7.39. The second-order valence-corrected chi connectivity index (χ2v) is 2.74. The molecule has 0 unspecified atom stereocenters. The number of hydrogen-bond donors (Lipinski definition) is 0. The second kappa shape index (κ2) is 2.49. The highest BCUT2D eigenvalue weighted by Gasteiger charge is 1.97. The van der Waals surface area contributed by atoms with Crippen LogP contribution in [-0.2, 0) is 0 Å². The predicted octanol–water partition coefficient (Wildman–Crippen LogP) is 1.41. The molecule has 10 heavy (non-hydrogen) atoms. The smallest absolute Gasteiger partial charge is 0.0907 e. The molecule has 2 radical (unpaired) electrons. The topological polar surface area (TPSA) is 0 Å². The predicted molar refractivity (Wildman–Crippen MR) is 46.0 cm³/mol. The maximum Gasteiger partial charge on any atom is 0.114 e. The standard InChI is InChI=1S/C9H11B/c1-6-4-5-7(2)9(10)8(6)3/h4-5H,1-3H3. The quantitative estimate of drug-likeness (QED) is 0.465. The van der Waals surface area contributed by atoms with Crippen molar-refractivity contribution in [3.8, 4) is 0 Å². The Balaban J connectivity index is 3.34. The van der Waals surface area contributed by atoms with Gasteiger partial charge in [-0.3, -0.25) is 0 Å². The van der Waals surface area contributed by atoms with Crippen molar-refractivity contribution in [3.63, 3.8) is 0 Å². The van der Waals surface area contributed by atoms with Crippen LogP contribution in [-0.4, -0.2) is 7.85 Å². The highest BCUT2D eigenvalue weighted by molar-refractivity contribution is 6.34. The summed E-state index contributed by atoms with van der Waals surface area (Å²) in [5, 5.41) is 0. The lowest BCUT2D eigenvalue weighted by Crippen LogP contribution is -2.12. The summed E-state index contributed by atoms with van der Waals surface area (Å²) in [7, 11) is 5.78. The Kier molecular flexibility index (Phi) is 1.84. The number of rotatable bonds is 0. The second-order valence-electron chi connectivity index (χ2n) is 2.74. The van der Waals surface area contributed by atoms with Crippen molar-refractivity contribution >= 4 is 13.3 Å². The first-order valence-electron chi connectivity index (χ1n) is 3.45. The molecule has 1 heteroatoms. The lowest BCUT2D eigenvalue weighted by Gasteiger charge is -2.06. The van der Waals surface area contributed by atoms with Gasteiger partial charge in [-0.1, -0.05) is 28.7 Å². The van der Waals surface area contributed by atoms with E-state index in [-0.39, 0.29) is 0 Å². The van der Waals surface area contributed by atoms with Gasteiger partial charge >= 0.3 is 0 Å². The van der Waals surface area contributed by atoms with Crippen LogP contribution < -0.4 is 5.46 Å². The van der Waals surface area contributed by atoms with Crippen LogP contribution in [0.25, 0.3) is 0 Å². The summed E-state index contributed by atoms with van der Waals surface area (Å²) in [4.78, 5) is 0. The normalized spacial score (nSPS) is 9.90. The zero-order chi connectivity index (χ0) is 7.72. The van der Waals surface area contributed by atoms with Crippen LogP contribution in [0.15, 0.2) is 12.1 Å². The van der Waals surface area contributed by atoms with Gasteiger partial charge in [0.15, 0.2) is 0 Å². The van der Waals surface area contributed by atoms with Gasteiger partial charge in [0.1, 0.15) is 7.85 Å². The Bertz CT molecular complexity index is 224. The van der Waals surface area contributed by atoms with Crippen molar-refractivity contribution in [3.05, 3.63) is 28.8 Å². The molecule has 1 rings (SSSR count). The minimum Gasteiger partial charge on any atom is -0.0907 e. The van der Waals surface area contributed by atoms with Gasteiger partial charge in [0, 0.05) is 0 Å². The lowest BCUT2D eigenvalue weighted by atomic mass is 9.85. The van der Waals surface area contributed by atoms with E-state index in [2.05, 4.69) is 26.0 Å². The summed E-state index contributed by atoms with van der Waals surface area (Å²) in [6.07, 6.45) is 0. The van der Waals surface area contributed by atoms with Gasteiger partial charge < -0.3 is 0 Å². The van der Waals surface area contributed by atoms with E-state index in [1.807, 2.05) is 6.92 Å². The summed E-state index contributed by atoms with van der Waals surface area (Å²) < 4.78 is 0. The molecule has 0 amide bonds. The van der Waals surface area contributed by atoms with Crippen molar-refractivity contribution in [2.24, 2.45) is 0 Å². The Labute approximate surface area is 63.7 Å². The van der Waals surface area contributed by atoms with Crippen molar-refractivity contribution in [2.45, 2.75) is 20.8 Å². The molecule has 0 spiro atoms. The molecular weight excluding hydrogens is 119 g/mol. The molecule has 0 N–H and O–H groups in total. The average molecular weight is 130 g/mol. The highest BCUT2D eigenvalue weighted by atomic mass is 14.0. The van der Waals surface area contributed by atoms with Gasteiger partial charge in [-0.05, 0) is 26.3 Å². The molecule has 0 aliphatic heterocycles. The van der Waals surface area contributed by atoms with E-state index < -0.39 is 0 Å². The molecule has 0 aliphatic rings. The van der Waals surface area contributed by atoms with Crippen LogP contribution in [0.3, 0.4) is 0 Å². The fourth-order valence-corrected chi connectivity index (χ4v) is 0.973. The summed E-state index contributed by atoms with van der Waals surface area (Å²) in [5.74, 6) is 0. The van der Waals surface area contributed by atoms with Crippen LogP contribution >= 0.6 is 0 Å². The molecule has 1 aromatic rings. The van der Waals surface area contributed by atoms with Crippen molar-refractivity contribution in [1.82, 2.24) is 0 Å². The fraction of sp³-hybridized carbons (Fsp3) is 0.333. The van der Waals surface area contributed by atoms with E-state index in [9.17, 15) is 0 Å². The molecule has 0 aliphatic carbocycles. The van der Waals surface area contributed by atoms with E-state index in [0.29, 0.717) is 0 Å². The Morgan fingerprint density at radius 3 is 2.00 bits per heavy atom. The summed E-state index contributed by atoms with van der Waals surface area (Å²) in [6, 6.07) is 4.15. The minimum absolute atomic E-state index is 0.931. The van der Waals surface area contributed by atoms with Crippen LogP contribution in [0.2, 0.25) is 0 Å². The van der Waals surface area contributed by atoms with Gasteiger partial charge in [-0.2, -0.15) is 0 Å². The molecule has 1 aromatic carbocycles. The van der Waals surface area contributed by atoms with Crippen LogP contribution in [0.1, 0.15) is 16.7 Å². The lowest BCUT2D eigenvalue weighted by molar-refractivity contribution is 1.33. The van der Waals surface area contributed by atoms with Gasteiger partial charge in [-0.25, -0.2) is 0 Å². The molecule has 50 valence electrons. The first-order chi connectivity index (χ1) is 4.63. The van der Waals surface area contributed by atoms with Crippen LogP contribution in [0, 0.1) is 20.8 Å². The maximum absolute atomic E-state index is 5.78. The fourth-order valence-electron chi connectivity index (χ4n) is 0.973. The zero-order valence-electron chi connectivity index (χ0n) is 6.73. The van der Waals surface area contributed by atoms with Gasteiger partial charge in [0.2, 0.25) is 0 Å². The SMILES string of the molecule is [B]c1c(C)ccc(C)c1C. The van der Waals surface area contributed by atoms with Gasteiger partial charge in [0.25, 0.3) is 0 Å². The molecule has 0 atom stereocenters. The maximum atomic E-state index is 5.78. The molecule has 0 heterocycles. The number of benzene rings is 1. The molecular formula is C9H11B. The highest BCUT2D eigenvalue weighted by Crippen LogP contribution is 2.04. The summed E-state index contributed by atoms with van der Waals surface area (Å²) in [5.41, 5.74) is 4.58. The molecule has 0 saturated heterocycles. The largest absolute Gasteiger partial charge is 0.114 e. The third kappa shape index (κ3) is 1.09. The van der Waals surface area contributed by atoms with Crippen molar-refractivity contribution < 1.29 is 0 Å². The van der Waals surface area contributed by atoms with Crippen molar-refractivity contribution in [2.75, 3.05) is 0 Å². The molecule has 0 fully saturated rings. The average Bonchev–Trinajstić information content (AvgIpc) is 1.93. The summed E-state index contributed by atoms with van der Waals surface area (Å²) >= 11 is 0. The van der Waals surface area contributed by atoms with E-state index in [0.717, 1.165) is 5.46 Å². The Hall–Kier alpha value is -0.715. The summed E-state index contributed by atoms with van der Waals surface area (Å²) in [6.45, 7) is 6.16. The Morgan fingerprint density at radius 2 is 1.50 bits per heavy atom. The van der Waals surface area contributed by atoms with Gasteiger partial charge in [-0.15, -0.1) is 0 Å². The first-order valence-corrected chi connectivity index (χ1v) is 3.45. The number of hydrogen-bond acceptors (Lipinski definition) is 0. The Morgan fingerprint density at radius 1 is 1.00 bits per heavy atom. The van der Waals surface area contributed by atoms with Crippen LogP contribution in [0.4, 0.5) is 0 Å². The van der Waals surface area contributed by atoms with Crippen LogP contribution in [0.5, 0.6) is 0 Å². The zero-order valence-corrected chi connectivity index (χ0v) is 6.73. The van der Waals surface area contributed by atoms with Gasteiger partial charge in [0.05, 0.1) is 0 Å². The van der Waals surface area contributed by atoms with E-state index in [4.69, 9.17) is 7.85 Å². The third-order valence-corrected chi connectivity index (χ3v) is 2.00. The monoisotopic (exact) mass is 130 g/mol. The van der Waals surface area contributed by atoms with E-state index in [1.165, 1.54) is 16.7 Å². The number of aryl methyl sites for hydroxylation is 2. The molecule has 0 nitrogen and oxygen atoms in total. The molecule has 0 saturated carbocycles. The minimum atomic E-state index is 0.931. The van der Waals surface area contributed by atoms with E-state index >= 15 is 0 Å². The molecule has 0 bridgehead atoms. The third-order valence-electron chi connectivity index (χ3n) is 2.00. The molecule has 0 aromatic heterocycles. The van der Waals surface area contributed by atoms with Crippen molar-refractivity contribution in [1.29, 1.82) is 0 Å². The van der Waals surface area contributed by atoms with E-state index in [1.54, 1.807) is 0 Å².